The van der Waals surface area contributed by atoms with Crippen molar-refractivity contribution in [3.05, 3.63) is 41.1 Å². The molecule has 0 fully saturated rings. The summed E-state index contributed by atoms with van der Waals surface area (Å²) in [6.45, 7) is 4.28. The molecule has 15 heavy (non-hydrogen) atoms. The third kappa shape index (κ3) is 1.85. The minimum Gasteiger partial charge on any atom is -0.392 e. The smallest absolute Gasteiger partial charge is 0.0705 e. The minimum atomic E-state index is 0.0878. The number of aliphatic hydroxyl groups excluding tert-OH is 1. The number of pyridine rings is 1. The fraction of sp³-hybridized carbons (Fsp3) is 0.308. The molecule has 2 nitrogen and oxygen atoms in total. The van der Waals surface area contributed by atoms with Crippen LogP contribution in [0.15, 0.2) is 24.3 Å². The highest BCUT2D eigenvalue weighted by atomic mass is 16.3. The number of rotatable bonds is 2. The van der Waals surface area contributed by atoms with Gasteiger partial charge in [0.15, 0.2) is 0 Å². The molecule has 0 radical (unpaired) electrons. The predicted octanol–water partition coefficient (Wildman–Crippen LogP) is 2.60. The highest BCUT2D eigenvalue weighted by Gasteiger charge is 2.02. The van der Waals surface area contributed by atoms with Crippen molar-refractivity contribution >= 4 is 10.9 Å². The van der Waals surface area contributed by atoms with Crippen molar-refractivity contribution in [2.75, 3.05) is 0 Å². The van der Waals surface area contributed by atoms with E-state index >= 15 is 0 Å². The fourth-order valence-electron chi connectivity index (χ4n) is 1.83. The van der Waals surface area contributed by atoms with Crippen LogP contribution in [-0.2, 0) is 13.0 Å². The molecule has 1 N–H and O–H groups in total. The minimum absolute atomic E-state index is 0.0878. The maximum absolute atomic E-state index is 9.05. The average Bonchev–Trinajstić information content (AvgIpc) is 2.27. The molecule has 0 amide bonds. The number of benzene rings is 1. The Bertz CT molecular complexity index is 491. The van der Waals surface area contributed by atoms with E-state index < -0.39 is 0 Å². The second-order valence-electron chi connectivity index (χ2n) is 3.79. The molecule has 1 heterocycles. The van der Waals surface area contributed by atoms with Crippen LogP contribution in [0.3, 0.4) is 0 Å². The molecule has 0 saturated carbocycles. The first-order valence-corrected chi connectivity index (χ1v) is 5.24. The molecule has 2 heteroatoms. The van der Waals surface area contributed by atoms with E-state index in [-0.39, 0.29) is 6.61 Å². The number of aryl methyl sites for hydroxylation is 2. The van der Waals surface area contributed by atoms with Gasteiger partial charge in [-0.1, -0.05) is 13.0 Å². The van der Waals surface area contributed by atoms with Gasteiger partial charge in [-0.2, -0.15) is 0 Å². The zero-order valence-electron chi connectivity index (χ0n) is 9.12. The molecule has 0 unspecified atom stereocenters. The predicted molar refractivity (Wildman–Crippen MR) is 61.8 cm³/mol. The van der Waals surface area contributed by atoms with Gasteiger partial charge in [-0.15, -0.1) is 0 Å². The maximum Gasteiger partial charge on any atom is 0.0705 e. The summed E-state index contributed by atoms with van der Waals surface area (Å²) in [5.41, 5.74) is 4.32. The highest BCUT2D eigenvalue weighted by Crippen LogP contribution is 2.18. The zero-order chi connectivity index (χ0) is 10.8. The first-order valence-electron chi connectivity index (χ1n) is 5.24. The van der Waals surface area contributed by atoms with Crippen molar-refractivity contribution in [3.8, 4) is 0 Å². The SMILES string of the molecule is CCc1nc2ccc(CO)cc2cc1C. The Kier molecular flexibility index (Phi) is 2.69. The van der Waals surface area contributed by atoms with E-state index in [1.807, 2.05) is 18.2 Å². The molecule has 0 saturated heterocycles. The van der Waals surface area contributed by atoms with Gasteiger partial charge in [0.05, 0.1) is 12.1 Å². The standard InChI is InChI=1S/C13H15NO/c1-3-12-9(2)6-11-7-10(8-15)4-5-13(11)14-12/h4-7,15H,3,8H2,1-2H3. The van der Waals surface area contributed by atoms with Crippen LogP contribution in [0.2, 0.25) is 0 Å². The second kappa shape index (κ2) is 3.99. The van der Waals surface area contributed by atoms with Gasteiger partial charge in [0, 0.05) is 11.1 Å². The summed E-state index contributed by atoms with van der Waals surface area (Å²) >= 11 is 0. The molecule has 0 bridgehead atoms. The monoisotopic (exact) mass is 201 g/mol. The number of aromatic nitrogens is 1. The summed E-state index contributed by atoms with van der Waals surface area (Å²) in [6, 6.07) is 8.03. The van der Waals surface area contributed by atoms with Gasteiger partial charge in [-0.3, -0.25) is 4.98 Å². The molecule has 0 atom stereocenters. The summed E-state index contributed by atoms with van der Waals surface area (Å²) in [7, 11) is 0. The molecule has 0 aliphatic heterocycles. The Labute approximate surface area is 89.6 Å². The van der Waals surface area contributed by atoms with Crippen LogP contribution in [0.25, 0.3) is 10.9 Å². The van der Waals surface area contributed by atoms with Crippen molar-refractivity contribution in [3.63, 3.8) is 0 Å². The summed E-state index contributed by atoms with van der Waals surface area (Å²) in [4.78, 5) is 4.59. The van der Waals surface area contributed by atoms with E-state index in [4.69, 9.17) is 5.11 Å². The largest absolute Gasteiger partial charge is 0.392 e. The van der Waals surface area contributed by atoms with E-state index in [1.54, 1.807) is 0 Å². The van der Waals surface area contributed by atoms with Gasteiger partial charge in [-0.05, 0) is 42.7 Å². The first kappa shape index (κ1) is 10.1. The molecule has 78 valence electrons. The summed E-state index contributed by atoms with van der Waals surface area (Å²) in [6.07, 6.45) is 0.962. The van der Waals surface area contributed by atoms with Crippen molar-refractivity contribution in [1.29, 1.82) is 0 Å². The normalized spacial score (nSPS) is 10.9. The maximum atomic E-state index is 9.05. The van der Waals surface area contributed by atoms with Crippen LogP contribution in [0, 0.1) is 6.92 Å². The third-order valence-electron chi connectivity index (χ3n) is 2.69. The Hall–Kier alpha value is -1.41. The number of fused-ring (bicyclic) bond motifs is 1. The number of hydrogen-bond acceptors (Lipinski definition) is 2. The Morgan fingerprint density at radius 2 is 2.07 bits per heavy atom. The van der Waals surface area contributed by atoms with E-state index in [9.17, 15) is 0 Å². The van der Waals surface area contributed by atoms with Crippen LogP contribution < -0.4 is 0 Å². The van der Waals surface area contributed by atoms with Gasteiger partial charge in [0.25, 0.3) is 0 Å². The third-order valence-corrected chi connectivity index (χ3v) is 2.69. The Morgan fingerprint density at radius 3 is 2.73 bits per heavy atom. The molecular weight excluding hydrogens is 186 g/mol. The molecule has 0 aliphatic carbocycles. The van der Waals surface area contributed by atoms with Gasteiger partial charge >= 0.3 is 0 Å². The van der Waals surface area contributed by atoms with Gasteiger partial charge in [-0.25, -0.2) is 0 Å². The van der Waals surface area contributed by atoms with Crippen molar-refractivity contribution in [2.45, 2.75) is 26.9 Å². The van der Waals surface area contributed by atoms with Crippen LogP contribution >= 0.6 is 0 Å². The van der Waals surface area contributed by atoms with Crippen molar-refractivity contribution < 1.29 is 5.11 Å². The number of hydrogen-bond donors (Lipinski definition) is 1. The molecule has 0 spiro atoms. The van der Waals surface area contributed by atoms with E-state index in [0.29, 0.717) is 0 Å². The van der Waals surface area contributed by atoms with Crippen LogP contribution in [0.5, 0.6) is 0 Å². The summed E-state index contributed by atoms with van der Waals surface area (Å²) in [5, 5.41) is 10.2. The lowest BCUT2D eigenvalue weighted by Crippen LogP contribution is -1.93. The first-order chi connectivity index (χ1) is 7.24. The lowest BCUT2D eigenvalue weighted by Gasteiger charge is -2.06. The fourth-order valence-corrected chi connectivity index (χ4v) is 1.83. The van der Waals surface area contributed by atoms with E-state index in [0.717, 1.165) is 28.6 Å². The summed E-state index contributed by atoms with van der Waals surface area (Å²) < 4.78 is 0. The zero-order valence-corrected chi connectivity index (χ0v) is 9.12. The van der Waals surface area contributed by atoms with Crippen LogP contribution in [0.1, 0.15) is 23.7 Å². The van der Waals surface area contributed by atoms with Gasteiger partial charge in [0.1, 0.15) is 0 Å². The number of aliphatic hydroxyl groups is 1. The van der Waals surface area contributed by atoms with Crippen LogP contribution in [-0.4, -0.2) is 10.1 Å². The average molecular weight is 201 g/mol. The topological polar surface area (TPSA) is 33.1 Å². The Balaban J connectivity index is 2.65. The molecule has 2 aromatic rings. The molecule has 2 rings (SSSR count). The van der Waals surface area contributed by atoms with E-state index in [1.165, 1.54) is 5.56 Å². The van der Waals surface area contributed by atoms with Gasteiger partial charge in [0.2, 0.25) is 0 Å². The quantitative estimate of drug-likeness (QED) is 0.810. The molecule has 1 aromatic carbocycles. The lowest BCUT2D eigenvalue weighted by atomic mass is 10.1. The van der Waals surface area contributed by atoms with E-state index in [2.05, 4.69) is 24.9 Å². The van der Waals surface area contributed by atoms with Gasteiger partial charge < -0.3 is 5.11 Å². The van der Waals surface area contributed by atoms with Crippen LogP contribution in [0.4, 0.5) is 0 Å². The molecular formula is C13H15NO. The summed E-state index contributed by atoms with van der Waals surface area (Å²) in [5.74, 6) is 0. The molecule has 0 aliphatic rings. The van der Waals surface area contributed by atoms with Crippen molar-refractivity contribution in [1.82, 2.24) is 4.98 Å². The second-order valence-corrected chi connectivity index (χ2v) is 3.79. The lowest BCUT2D eigenvalue weighted by molar-refractivity contribution is 0.282. The number of nitrogens with zero attached hydrogens (tertiary/aromatic N) is 1. The highest BCUT2D eigenvalue weighted by molar-refractivity contribution is 5.80. The Morgan fingerprint density at radius 1 is 1.27 bits per heavy atom. The molecule has 1 aromatic heterocycles. The van der Waals surface area contributed by atoms with Crippen molar-refractivity contribution in [2.24, 2.45) is 0 Å².